The molecule has 1 aliphatic heterocycles. The number of rotatable bonds is 3. The van der Waals surface area contributed by atoms with Crippen molar-refractivity contribution in [1.82, 2.24) is 5.32 Å². The molecule has 0 aliphatic carbocycles. The molecule has 1 fully saturated rings. The van der Waals surface area contributed by atoms with E-state index in [1.165, 1.54) is 13.2 Å². The van der Waals surface area contributed by atoms with Crippen LogP contribution in [0.2, 0.25) is 0 Å². The maximum atomic E-state index is 14.1. The minimum atomic E-state index is -0.715. The van der Waals surface area contributed by atoms with E-state index in [0.717, 1.165) is 19.2 Å². The molecule has 102 valence electrons. The fraction of sp³-hybridized carbons (Fsp3) is 0.385. The third-order valence-corrected chi connectivity index (χ3v) is 3.11. The van der Waals surface area contributed by atoms with Gasteiger partial charge in [0.25, 0.3) is 0 Å². The van der Waals surface area contributed by atoms with Crippen LogP contribution in [-0.4, -0.2) is 45.5 Å². The van der Waals surface area contributed by atoms with Crippen molar-refractivity contribution in [2.24, 2.45) is 0 Å². The number of hydrogen-bond acceptors (Lipinski definition) is 5. The van der Waals surface area contributed by atoms with E-state index < -0.39 is 11.8 Å². The molecule has 0 bridgehead atoms. The second kappa shape index (κ2) is 5.79. The summed E-state index contributed by atoms with van der Waals surface area (Å²) in [5.41, 5.74) is 0.437. The summed E-state index contributed by atoms with van der Waals surface area (Å²) in [6.07, 6.45) is 0.539. The van der Waals surface area contributed by atoms with Gasteiger partial charge >= 0.3 is 5.97 Å². The molecular formula is C13H15FN2O3. The van der Waals surface area contributed by atoms with Gasteiger partial charge in [0.2, 0.25) is 0 Å². The number of carbonyl (C=O) groups excluding carboxylic acids is 2. The van der Waals surface area contributed by atoms with Crippen molar-refractivity contribution in [1.29, 1.82) is 0 Å². The summed E-state index contributed by atoms with van der Waals surface area (Å²) < 4.78 is 18.6. The predicted octanol–water partition coefficient (Wildman–Crippen LogP) is 0.834. The van der Waals surface area contributed by atoms with E-state index in [1.807, 2.05) is 4.90 Å². The minimum absolute atomic E-state index is 0.0473. The van der Waals surface area contributed by atoms with E-state index in [0.29, 0.717) is 25.1 Å². The van der Waals surface area contributed by atoms with Gasteiger partial charge < -0.3 is 15.0 Å². The molecule has 6 heteroatoms. The first kappa shape index (κ1) is 13.5. The molecule has 0 unspecified atom stereocenters. The topological polar surface area (TPSA) is 58.6 Å². The summed E-state index contributed by atoms with van der Waals surface area (Å²) in [6, 6.07) is 2.47. The molecule has 1 aromatic carbocycles. The van der Waals surface area contributed by atoms with Crippen molar-refractivity contribution in [3.8, 4) is 0 Å². The molecule has 1 N–H and O–H groups in total. The number of halogens is 1. The Kier molecular flexibility index (Phi) is 4.11. The van der Waals surface area contributed by atoms with E-state index in [9.17, 15) is 14.0 Å². The first-order valence-corrected chi connectivity index (χ1v) is 6.00. The molecule has 0 saturated carbocycles. The lowest BCUT2D eigenvalue weighted by molar-refractivity contribution is 0.0598. The van der Waals surface area contributed by atoms with Crippen LogP contribution in [0.3, 0.4) is 0 Å². The van der Waals surface area contributed by atoms with Crippen LogP contribution in [0.4, 0.5) is 10.1 Å². The lowest BCUT2D eigenvalue weighted by Crippen LogP contribution is -2.44. The highest BCUT2D eigenvalue weighted by molar-refractivity contribution is 5.99. The zero-order valence-electron chi connectivity index (χ0n) is 10.6. The van der Waals surface area contributed by atoms with Crippen molar-refractivity contribution in [3.05, 3.63) is 29.1 Å². The number of aldehydes is 1. The number of ether oxygens (including phenoxy) is 1. The molecule has 2 rings (SSSR count). The highest BCUT2D eigenvalue weighted by Crippen LogP contribution is 2.24. The van der Waals surface area contributed by atoms with Gasteiger partial charge in [0.1, 0.15) is 5.82 Å². The second-order valence-corrected chi connectivity index (χ2v) is 4.24. The number of esters is 1. The van der Waals surface area contributed by atoms with Gasteiger partial charge in [-0.2, -0.15) is 0 Å². The fourth-order valence-electron chi connectivity index (χ4n) is 2.11. The normalized spacial score (nSPS) is 15.2. The average Bonchev–Trinajstić information content (AvgIpc) is 2.47. The Morgan fingerprint density at radius 3 is 2.68 bits per heavy atom. The van der Waals surface area contributed by atoms with Crippen molar-refractivity contribution >= 4 is 17.9 Å². The van der Waals surface area contributed by atoms with Crippen LogP contribution in [0.1, 0.15) is 20.7 Å². The molecular weight excluding hydrogens is 251 g/mol. The maximum Gasteiger partial charge on any atom is 0.338 e. The zero-order chi connectivity index (χ0) is 13.8. The molecule has 1 aliphatic rings. The van der Waals surface area contributed by atoms with E-state index >= 15 is 0 Å². The molecule has 5 nitrogen and oxygen atoms in total. The van der Waals surface area contributed by atoms with Crippen molar-refractivity contribution in [2.45, 2.75) is 0 Å². The standard InChI is InChI=1S/C13H15FN2O3/c1-19-13(18)10-7-11(14)12(6-9(10)8-17)16-4-2-15-3-5-16/h6-8,15H,2-5H2,1H3. The third-order valence-electron chi connectivity index (χ3n) is 3.11. The molecule has 1 heterocycles. The van der Waals surface area contributed by atoms with Gasteiger partial charge in [0.05, 0.1) is 18.4 Å². The lowest BCUT2D eigenvalue weighted by atomic mass is 10.1. The predicted molar refractivity (Wildman–Crippen MR) is 68.2 cm³/mol. The number of carbonyl (C=O) groups is 2. The summed E-state index contributed by atoms with van der Waals surface area (Å²) in [5.74, 6) is -1.24. The lowest BCUT2D eigenvalue weighted by Gasteiger charge is -2.30. The first-order chi connectivity index (χ1) is 9.17. The fourth-order valence-corrected chi connectivity index (χ4v) is 2.11. The van der Waals surface area contributed by atoms with Crippen LogP contribution in [0, 0.1) is 5.82 Å². The van der Waals surface area contributed by atoms with Gasteiger partial charge in [0, 0.05) is 31.7 Å². The molecule has 0 spiro atoms. The Hall–Kier alpha value is -1.95. The van der Waals surface area contributed by atoms with Crippen LogP contribution >= 0.6 is 0 Å². The Morgan fingerprint density at radius 2 is 2.11 bits per heavy atom. The highest BCUT2D eigenvalue weighted by Gasteiger charge is 2.20. The SMILES string of the molecule is COC(=O)c1cc(F)c(N2CCNCC2)cc1C=O. The summed E-state index contributed by atoms with van der Waals surface area (Å²) >= 11 is 0. The molecule has 1 aromatic rings. The molecule has 0 radical (unpaired) electrons. The van der Waals surface area contributed by atoms with Crippen LogP contribution in [0.25, 0.3) is 0 Å². The number of benzene rings is 1. The molecule has 1 saturated heterocycles. The van der Waals surface area contributed by atoms with Gasteiger partial charge in [-0.25, -0.2) is 9.18 Å². The quantitative estimate of drug-likeness (QED) is 0.649. The Morgan fingerprint density at radius 1 is 1.42 bits per heavy atom. The minimum Gasteiger partial charge on any atom is -0.465 e. The van der Waals surface area contributed by atoms with Gasteiger partial charge in [-0.05, 0) is 12.1 Å². The Labute approximate surface area is 110 Å². The largest absolute Gasteiger partial charge is 0.465 e. The molecule has 0 atom stereocenters. The van der Waals surface area contributed by atoms with Crippen molar-refractivity contribution < 1.29 is 18.7 Å². The highest BCUT2D eigenvalue weighted by atomic mass is 19.1. The van der Waals surface area contributed by atoms with Crippen LogP contribution in [0.15, 0.2) is 12.1 Å². The third kappa shape index (κ3) is 2.73. The van der Waals surface area contributed by atoms with Crippen LogP contribution in [0.5, 0.6) is 0 Å². The van der Waals surface area contributed by atoms with Gasteiger partial charge in [0.15, 0.2) is 6.29 Å². The summed E-state index contributed by atoms with van der Waals surface area (Å²) in [6.45, 7) is 2.84. The van der Waals surface area contributed by atoms with E-state index in [4.69, 9.17) is 0 Å². The number of methoxy groups -OCH3 is 1. The van der Waals surface area contributed by atoms with Gasteiger partial charge in [-0.1, -0.05) is 0 Å². The molecule has 19 heavy (non-hydrogen) atoms. The molecule has 0 aromatic heterocycles. The van der Waals surface area contributed by atoms with Gasteiger partial charge in [-0.3, -0.25) is 4.79 Å². The van der Waals surface area contributed by atoms with Crippen LogP contribution < -0.4 is 10.2 Å². The van der Waals surface area contributed by atoms with E-state index in [2.05, 4.69) is 10.1 Å². The van der Waals surface area contributed by atoms with Gasteiger partial charge in [-0.15, -0.1) is 0 Å². The Balaban J connectivity index is 2.40. The zero-order valence-corrected chi connectivity index (χ0v) is 10.6. The van der Waals surface area contributed by atoms with Crippen molar-refractivity contribution in [2.75, 3.05) is 38.2 Å². The average molecular weight is 266 g/mol. The Bertz CT molecular complexity index is 499. The summed E-state index contributed by atoms with van der Waals surface area (Å²) in [4.78, 5) is 24.3. The number of hydrogen-bond donors (Lipinski definition) is 1. The smallest absolute Gasteiger partial charge is 0.338 e. The number of nitrogens with one attached hydrogen (secondary N) is 1. The monoisotopic (exact) mass is 266 g/mol. The van der Waals surface area contributed by atoms with E-state index in [1.54, 1.807) is 0 Å². The first-order valence-electron chi connectivity index (χ1n) is 6.00. The number of piperazine rings is 1. The summed E-state index contributed by atoms with van der Waals surface area (Å²) in [5, 5.41) is 3.16. The van der Waals surface area contributed by atoms with Crippen molar-refractivity contribution in [3.63, 3.8) is 0 Å². The number of nitrogens with zero attached hydrogens (tertiary/aromatic N) is 1. The van der Waals surface area contributed by atoms with Crippen LogP contribution in [-0.2, 0) is 4.74 Å². The molecule has 0 amide bonds. The van der Waals surface area contributed by atoms with E-state index in [-0.39, 0.29) is 11.1 Å². The summed E-state index contributed by atoms with van der Waals surface area (Å²) in [7, 11) is 1.19. The maximum absolute atomic E-state index is 14.1. The number of anilines is 1. The second-order valence-electron chi connectivity index (χ2n) is 4.24.